The number of alkyl halides is 2. The van der Waals surface area contributed by atoms with Crippen molar-refractivity contribution in [2.24, 2.45) is 0 Å². The van der Waals surface area contributed by atoms with Crippen molar-refractivity contribution < 1.29 is 27.6 Å². The van der Waals surface area contributed by atoms with Gasteiger partial charge in [-0.25, -0.2) is 8.78 Å². The molecule has 0 saturated heterocycles. The molecule has 9 heteroatoms. The smallest absolute Gasteiger partial charge is 0.400 e. The molecule has 0 atom stereocenters. The molecule has 0 fully saturated rings. The molecule has 1 heterocycles. The van der Waals surface area contributed by atoms with Crippen LogP contribution in [0.1, 0.15) is 24.6 Å². The zero-order valence-corrected chi connectivity index (χ0v) is 9.73. The number of rotatable bonds is 5. The Morgan fingerprint density at radius 1 is 1.58 bits per heavy atom. The number of hydrogen-bond donors (Lipinski definition) is 0. The van der Waals surface area contributed by atoms with Gasteiger partial charge in [-0.05, 0) is 22.9 Å². The van der Waals surface area contributed by atoms with Crippen LogP contribution in [0, 0.1) is 15.9 Å². The van der Waals surface area contributed by atoms with Gasteiger partial charge in [-0.2, -0.15) is 4.39 Å². The van der Waals surface area contributed by atoms with E-state index >= 15 is 0 Å². The molecule has 19 heavy (non-hydrogen) atoms. The number of aromatic nitrogens is 1. The van der Waals surface area contributed by atoms with Gasteiger partial charge in [-0.1, -0.05) is 0 Å². The highest BCUT2D eigenvalue weighted by molar-refractivity contribution is 5.72. The predicted octanol–water partition coefficient (Wildman–Crippen LogP) is 2.17. The number of ether oxygens (including phenoxy) is 1. The molecule has 1 aromatic rings. The first kappa shape index (κ1) is 14.9. The fraction of sp³-hybridized carbons (Fsp3) is 0.400. The van der Waals surface area contributed by atoms with Gasteiger partial charge in [0.15, 0.2) is 0 Å². The fourth-order valence-electron chi connectivity index (χ4n) is 1.32. The zero-order chi connectivity index (χ0) is 14.6. The molecule has 1 rings (SSSR count). The molecule has 0 unspecified atom stereocenters. The third kappa shape index (κ3) is 3.63. The van der Waals surface area contributed by atoms with Gasteiger partial charge in [-0.3, -0.25) is 4.79 Å². The number of carbonyl (C=O) groups is 1. The maximum Gasteiger partial charge on any atom is 0.400 e. The van der Waals surface area contributed by atoms with Gasteiger partial charge in [0.1, 0.15) is 0 Å². The first-order valence-electron chi connectivity index (χ1n) is 5.14. The lowest BCUT2D eigenvalue weighted by molar-refractivity contribution is -0.392. The molecule has 104 valence electrons. The number of nitrogens with zero attached hydrogens (tertiary/aromatic N) is 2. The highest BCUT2D eigenvalue weighted by atomic mass is 19.3. The lowest BCUT2D eigenvalue weighted by Crippen LogP contribution is -2.11. The van der Waals surface area contributed by atoms with Crippen molar-refractivity contribution in [3.63, 3.8) is 0 Å². The number of carbonyl (C=O) groups excluding carboxylic acids is 1. The van der Waals surface area contributed by atoms with Crippen molar-refractivity contribution in [1.29, 1.82) is 0 Å². The maximum atomic E-state index is 13.6. The van der Waals surface area contributed by atoms with Crippen LogP contribution < -0.4 is 0 Å². The molecule has 0 aliphatic heterocycles. The Bertz CT molecular complexity index is 508. The minimum absolute atomic E-state index is 0.0231. The van der Waals surface area contributed by atoms with Gasteiger partial charge >= 0.3 is 18.2 Å². The van der Waals surface area contributed by atoms with Crippen LogP contribution in [0.5, 0.6) is 0 Å². The Labute approximate surface area is 105 Å². The van der Waals surface area contributed by atoms with Crippen molar-refractivity contribution in [3.05, 3.63) is 33.3 Å². The number of nitro groups is 1. The molecule has 0 amide bonds. The van der Waals surface area contributed by atoms with Crippen molar-refractivity contribution in [3.8, 4) is 0 Å². The Morgan fingerprint density at radius 3 is 2.68 bits per heavy atom. The first-order valence-corrected chi connectivity index (χ1v) is 5.14. The van der Waals surface area contributed by atoms with Crippen LogP contribution in [-0.2, 0) is 16.0 Å². The van der Waals surface area contributed by atoms with E-state index in [0.717, 1.165) is 0 Å². The van der Waals surface area contributed by atoms with Gasteiger partial charge in [0.25, 0.3) is 0 Å². The van der Waals surface area contributed by atoms with Gasteiger partial charge in [-0.15, -0.1) is 0 Å². The number of halogens is 3. The second-order valence-corrected chi connectivity index (χ2v) is 3.38. The fourth-order valence-corrected chi connectivity index (χ4v) is 1.32. The Hall–Kier alpha value is -2.19. The average molecular weight is 278 g/mol. The van der Waals surface area contributed by atoms with E-state index < -0.39 is 46.6 Å². The number of pyridine rings is 1. The molecular formula is C10H9F3N2O4. The van der Waals surface area contributed by atoms with E-state index in [1.165, 1.54) is 6.92 Å². The van der Waals surface area contributed by atoms with E-state index in [1.807, 2.05) is 0 Å². The molecule has 0 saturated carbocycles. The summed E-state index contributed by atoms with van der Waals surface area (Å²) < 4.78 is 43.1. The number of esters is 1. The van der Waals surface area contributed by atoms with E-state index in [-0.39, 0.29) is 6.61 Å². The lowest BCUT2D eigenvalue weighted by atomic mass is 10.1. The van der Waals surface area contributed by atoms with E-state index in [2.05, 4.69) is 9.72 Å². The topological polar surface area (TPSA) is 82.3 Å². The molecule has 1 aromatic heterocycles. The highest BCUT2D eigenvalue weighted by Crippen LogP contribution is 2.25. The van der Waals surface area contributed by atoms with Gasteiger partial charge < -0.3 is 14.9 Å². The van der Waals surface area contributed by atoms with Crippen molar-refractivity contribution >= 4 is 11.8 Å². The van der Waals surface area contributed by atoms with Crippen LogP contribution in [-0.4, -0.2) is 22.5 Å². The summed E-state index contributed by atoms with van der Waals surface area (Å²) in [4.78, 5) is 23.3. The van der Waals surface area contributed by atoms with Crippen LogP contribution in [0.4, 0.5) is 19.0 Å². The average Bonchev–Trinajstić information content (AvgIpc) is 2.31. The van der Waals surface area contributed by atoms with Crippen LogP contribution in [0.2, 0.25) is 0 Å². The molecular weight excluding hydrogens is 269 g/mol. The zero-order valence-electron chi connectivity index (χ0n) is 9.73. The third-order valence-corrected chi connectivity index (χ3v) is 2.07. The third-order valence-electron chi connectivity index (χ3n) is 2.07. The first-order chi connectivity index (χ1) is 8.86. The molecule has 6 nitrogen and oxygen atoms in total. The quantitative estimate of drug-likeness (QED) is 0.468. The van der Waals surface area contributed by atoms with E-state index in [4.69, 9.17) is 0 Å². The van der Waals surface area contributed by atoms with Crippen LogP contribution in [0.3, 0.4) is 0 Å². The Kier molecular flexibility index (Phi) is 4.79. The van der Waals surface area contributed by atoms with E-state index in [9.17, 15) is 28.1 Å². The summed E-state index contributed by atoms with van der Waals surface area (Å²) >= 11 is 0. The molecule has 0 bridgehead atoms. The Balaban J connectivity index is 3.21. The highest BCUT2D eigenvalue weighted by Gasteiger charge is 2.27. The minimum Gasteiger partial charge on any atom is -0.466 e. The largest absolute Gasteiger partial charge is 0.466 e. The van der Waals surface area contributed by atoms with Gasteiger partial charge in [0.2, 0.25) is 11.5 Å². The lowest BCUT2D eigenvalue weighted by Gasteiger charge is -2.05. The summed E-state index contributed by atoms with van der Waals surface area (Å²) in [6.07, 6.45) is -3.79. The molecule has 0 aromatic carbocycles. The minimum atomic E-state index is -3.11. The maximum absolute atomic E-state index is 13.6. The monoisotopic (exact) mass is 278 g/mol. The SMILES string of the molecule is CCOC(=O)Cc1cc(C(F)F)nc([N+](=O)[O-])c1F. The second kappa shape index (κ2) is 6.12. The summed E-state index contributed by atoms with van der Waals surface area (Å²) in [5, 5.41) is 10.5. The predicted molar refractivity (Wildman–Crippen MR) is 56.1 cm³/mol. The summed E-state index contributed by atoms with van der Waals surface area (Å²) in [7, 11) is 0. The summed E-state index contributed by atoms with van der Waals surface area (Å²) in [5.74, 6) is -3.62. The molecule has 0 spiro atoms. The van der Waals surface area contributed by atoms with E-state index in [1.54, 1.807) is 0 Å². The van der Waals surface area contributed by atoms with Crippen molar-refractivity contribution in [2.45, 2.75) is 19.8 Å². The molecule has 0 aliphatic rings. The van der Waals surface area contributed by atoms with Crippen LogP contribution >= 0.6 is 0 Å². The second-order valence-electron chi connectivity index (χ2n) is 3.38. The summed E-state index contributed by atoms with van der Waals surface area (Å²) in [6, 6.07) is 0.615. The summed E-state index contributed by atoms with van der Waals surface area (Å²) in [5.41, 5.74) is -1.51. The molecule has 0 aliphatic carbocycles. The van der Waals surface area contributed by atoms with Crippen LogP contribution in [0.15, 0.2) is 6.07 Å². The molecule has 0 radical (unpaired) electrons. The Morgan fingerprint density at radius 2 is 2.21 bits per heavy atom. The van der Waals surface area contributed by atoms with Crippen LogP contribution in [0.25, 0.3) is 0 Å². The molecule has 0 N–H and O–H groups in total. The van der Waals surface area contributed by atoms with Crippen molar-refractivity contribution in [1.82, 2.24) is 4.98 Å². The number of hydrogen-bond acceptors (Lipinski definition) is 5. The van der Waals surface area contributed by atoms with Gasteiger partial charge in [0, 0.05) is 5.56 Å². The summed E-state index contributed by atoms with van der Waals surface area (Å²) in [6.45, 7) is 1.53. The van der Waals surface area contributed by atoms with Gasteiger partial charge in [0.05, 0.1) is 13.0 Å². The normalized spacial score (nSPS) is 10.6. The standard InChI is InChI=1S/C10H9F3N2O4/c1-2-19-7(16)4-5-3-6(9(12)13)14-10(8(5)11)15(17)18/h3,9H,2,4H2,1H3. The van der Waals surface area contributed by atoms with E-state index in [0.29, 0.717) is 6.07 Å². The van der Waals surface area contributed by atoms with Crippen molar-refractivity contribution in [2.75, 3.05) is 6.61 Å².